The number of hydrogen-bond acceptors (Lipinski definition) is 3. The summed E-state index contributed by atoms with van der Waals surface area (Å²) >= 11 is 3.70. The molecular weight excluding hydrogens is 537 g/mol. The molecule has 190 valence electrons. The first kappa shape index (κ1) is 22.8. The summed E-state index contributed by atoms with van der Waals surface area (Å²) in [6.07, 6.45) is 0. The second kappa shape index (κ2) is 8.52. The molecule has 0 atom stereocenters. The molecule has 3 aromatic heterocycles. The number of thiophene rings is 2. The quantitative estimate of drug-likeness (QED) is 0.208. The van der Waals surface area contributed by atoms with Crippen molar-refractivity contribution in [3.8, 4) is 22.9 Å². The van der Waals surface area contributed by atoms with E-state index >= 15 is 0 Å². The fraction of sp³-hybridized carbons (Fsp3) is 0. The normalized spacial score (nSPS) is 11.9. The summed E-state index contributed by atoms with van der Waals surface area (Å²) < 4.78 is 7.52. The minimum absolute atomic E-state index is 0.672. The lowest BCUT2D eigenvalue weighted by Crippen LogP contribution is -1.94. The van der Waals surface area contributed by atoms with Gasteiger partial charge in [-0.25, -0.2) is 0 Å². The van der Waals surface area contributed by atoms with Gasteiger partial charge in [0.2, 0.25) is 0 Å². The third kappa shape index (κ3) is 3.28. The van der Waals surface area contributed by atoms with E-state index in [2.05, 4.69) is 120 Å². The lowest BCUT2D eigenvalue weighted by molar-refractivity contribution is 1.20. The number of aromatic nitrogens is 1. The van der Waals surface area contributed by atoms with Crippen LogP contribution in [0.3, 0.4) is 0 Å². The van der Waals surface area contributed by atoms with Gasteiger partial charge in [0.25, 0.3) is 0 Å². The summed E-state index contributed by atoms with van der Waals surface area (Å²) in [5.41, 5.74) is 6.52. The first-order valence-electron chi connectivity index (χ1n) is 13.6. The standard InChI is InChI=1S/C37H20N2S2/c38-21-22-12-15-26-25-6-1-3-9-31(25)39(33(26)18-22)32-10-5-8-29-30-19-23(14-17-35(30)41-37(29)32)24-13-16-28-27-7-2-4-11-34(27)40-36(28)20-24/h1-20H. The molecule has 0 N–H and O–H groups in total. The zero-order valence-corrected chi connectivity index (χ0v) is 23.4. The molecule has 0 aliphatic carbocycles. The van der Waals surface area contributed by atoms with E-state index in [0.29, 0.717) is 5.56 Å². The molecule has 3 heterocycles. The molecule has 0 saturated heterocycles. The Morgan fingerprint density at radius 3 is 2.12 bits per heavy atom. The summed E-state index contributed by atoms with van der Waals surface area (Å²) in [6, 6.07) is 45.9. The van der Waals surface area contributed by atoms with E-state index in [1.807, 2.05) is 34.8 Å². The van der Waals surface area contributed by atoms with Crippen molar-refractivity contribution in [2.75, 3.05) is 0 Å². The van der Waals surface area contributed by atoms with Crippen LogP contribution in [-0.2, 0) is 0 Å². The van der Waals surface area contributed by atoms with Crippen LogP contribution in [0, 0.1) is 11.3 Å². The van der Waals surface area contributed by atoms with E-state index in [9.17, 15) is 5.26 Å². The maximum atomic E-state index is 9.66. The average Bonchev–Trinajstić information content (AvgIpc) is 3.69. The molecule has 0 unspecified atom stereocenters. The third-order valence-corrected chi connectivity index (χ3v) is 10.6. The van der Waals surface area contributed by atoms with Crippen molar-refractivity contribution in [2.24, 2.45) is 0 Å². The predicted molar refractivity (Wildman–Crippen MR) is 177 cm³/mol. The molecule has 0 radical (unpaired) electrons. The van der Waals surface area contributed by atoms with Gasteiger partial charge in [0.1, 0.15) is 0 Å². The topological polar surface area (TPSA) is 28.7 Å². The van der Waals surface area contributed by atoms with Crippen LogP contribution in [0.15, 0.2) is 121 Å². The van der Waals surface area contributed by atoms with E-state index in [1.165, 1.54) is 56.9 Å². The van der Waals surface area contributed by atoms with Gasteiger partial charge in [-0.1, -0.05) is 72.8 Å². The summed E-state index contributed by atoms with van der Waals surface area (Å²) in [6.45, 7) is 0. The van der Waals surface area contributed by atoms with E-state index < -0.39 is 0 Å². The van der Waals surface area contributed by atoms with E-state index in [0.717, 1.165) is 22.1 Å². The van der Waals surface area contributed by atoms with Crippen molar-refractivity contribution in [1.29, 1.82) is 5.26 Å². The lowest BCUT2D eigenvalue weighted by atomic mass is 10.0. The molecule has 9 aromatic rings. The SMILES string of the molecule is N#Cc1ccc2c3ccccc3n(-c3cccc4c3sc3ccc(-c5ccc6c(c5)sc5ccccc56)cc34)c2c1. The lowest BCUT2D eigenvalue weighted by Gasteiger charge is -2.09. The molecule has 0 fully saturated rings. The van der Waals surface area contributed by atoms with E-state index in [-0.39, 0.29) is 0 Å². The number of para-hydroxylation sites is 1. The van der Waals surface area contributed by atoms with Crippen molar-refractivity contribution >= 4 is 84.8 Å². The maximum absolute atomic E-state index is 9.66. The van der Waals surface area contributed by atoms with E-state index in [1.54, 1.807) is 0 Å². The molecule has 0 aliphatic rings. The highest BCUT2D eigenvalue weighted by atomic mass is 32.1. The first-order valence-corrected chi connectivity index (χ1v) is 15.2. The highest BCUT2D eigenvalue weighted by Gasteiger charge is 2.17. The minimum atomic E-state index is 0.672. The number of benzene rings is 6. The van der Waals surface area contributed by atoms with Crippen LogP contribution in [0.4, 0.5) is 0 Å². The summed E-state index contributed by atoms with van der Waals surface area (Å²) in [5.74, 6) is 0. The Kier molecular flexibility index (Phi) is 4.74. The van der Waals surface area contributed by atoms with Gasteiger partial charge in [-0.3, -0.25) is 0 Å². The minimum Gasteiger partial charge on any atom is -0.308 e. The van der Waals surface area contributed by atoms with Crippen LogP contribution in [0.2, 0.25) is 0 Å². The van der Waals surface area contributed by atoms with Crippen molar-refractivity contribution in [3.63, 3.8) is 0 Å². The Morgan fingerprint density at radius 1 is 0.488 bits per heavy atom. The third-order valence-electron chi connectivity index (χ3n) is 8.23. The molecule has 6 aromatic carbocycles. The van der Waals surface area contributed by atoms with Gasteiger partial charge in [-0.2, -0.15) is 5.26 Å². The molecule has 4 heteroatoms. The number of nitrogens with zero attached hydrogens (tertiary/aromatic N) is 2. The fourth-order valence-electron chi connectivity index (χ4n) is 6.34. The monoisotopic (exact) mass is 556 g/mol. The van der Waals surface area contributed by atoms with Gasteiger partial charge < -0.3 is 4.57 Å². The highest BCUT2D eigenvalue weighted by molar-refractivity contribution is 7.26. The molecule has 0 bridgehead atoms. The Labute approximate surface area is 243 Å². The molecule has 0 spiro atoms. The van der Waals surface area contributed by atoms with Gasteiger partial charge in [0.15, 0.2) is 0 Å². The van der Waals surface area contributed by atoms with Crippen LogP contribution >= 0.6 is 22.7 Å². The number of rotatable bonds is 2. The summed E-state index contributed by atoms with van der Waals surface area (Å²) in [7, 11) is 0. The van der Waals surface area contributed by atoms with Crippen LogP contribution in [0.1, 0.15) is 5.56 Å². The highest BCUT2D eigenvalue weighted by Crippen LogP contribution is 2.43. The summed E-state index contributed by atoms with van der Waals surface area (Å²) in [5, 5.41) is 17.2. The van der Waals surface area contributed by atoms with Crippen molar-refractivity contribution in [3.05, 3.63) is 127 Å². The molecule has 41 heavy (non-hydrogen) atoms. The zero-order valence-electron chi connectivity index (χ0n) is 21.8. The Bertz CT molecular complexity index is 2550. The van der Waals surface area contributed by atoms with Gasteiger partial charge >= 0.3 is 0 Å². The van der Waals surface area contributed by atoms with Crippen LogP contribution < -0.4 is 0 Å². The van der Waals surface area contributed by atoms with Crippen LogP contribution in [-0.4, -0.2) is 4.57 Å². The average molecular weight is 557 g/mol. The van der Waals surface area contributed by atoms with Crippen molar-refractivity contribution in [2.45, 2.75) is 0 Å². The molecule has 0 aliphatic heterocycles. The maximum Gasteiger partial charge on any atom is 0.0992 e. The smallest absolute Gasteiger partial charge is 0.0992 e. The molecule has 0 saturated carbocycles. The van der Waals surface area contributed by atoms with Crippen molar-refractivity contribution < 1.29 is 0 Å². The molecule has 0 amide bonds. The Hall–Kier alpha value is -4.95. The number of nitriles is 1. The fourth-order valence-corrected chi connectivity index (χ4v) is 8.68. The molecule has 2 nitrogen and oxygen atoms in total. The van der Waals surface area contributed by atoms with Crippen LogP contribution in [0.25, 0.3) is 79.0 Å². The Balaban J connectivity index is 1.27. The summed E-state index contributed by atoms with van der Waals surface area (Å²) in [4.78, 5) is 0. The van der Waals surface area contributed by atoms with E-state index in [4.69, 9.17) is 0 Å². The predicted octanol–water partition coefficient (Wildman–Crippen LogP) is 11.1. The van der Waals surface area contributed by atoms with Gasteiger partial charge in [0.05, 0.1) is 33.1 Å². The largest absolute Gasteiger partial charge is 0.308 e. The number of fused-ring (bicyclic) bond motifs is 9. The second-order valence-electron chi connectivity index (χ2n) is 10.5. The van der Waals surface area contributed by atoms with Gasteiger partial charge in [-0.15, -0.1) is 22.7 Å². The molecule has 9 rings (SSSR count). The van der Waals surface area contributed by atoms with Crippen molar-refractivity contribution in [1.82, 2.24) is 4.57 Å². The van der Waals surface area contributed by atoms with Gasteiger partial charge in [0, 0.05) is 46.4 Å². The first-order chi connectivity index (χ1) is 20.3. The van der Waals surface area contributed by atoms with Gasteiger partial charge in [-0.05, 0) is 59.7 Å². The number of hydrogen-bond donors (Lipinski definition) is 0. The van der Waals surface area contributed by atoms with Crippen LogP contribution in [0.5, 0.6) is 0 Å². The Morgan fingerprint density at radius 2 is 1.20 bits per heavy atom. The zero-order chi connectivity index (χ0) is 27.1. The second-order valence-corrected chi connectivity index (χ2v) is 12.6. The molecular formula is C37H20N2S2.